The molecule has 2 aromatic carbocycles. The smallest absolute Gasteiger partial charge is 0.384 e. The summed E-state index contributed by atoms with van der Waals surface area (Å²) < 4.78 is 45.2. The Morgan fingerprint density at radius 3 is 1.89 bits per heavy atom. The number of rotatable bonds is 11. The van der Waals surface area contributed by atoms with Crippen molar-refractivity contribution in [2.75, 3.05) is 13.7 Å². The van der Waals surface area contributed by atoms with E-state index < -0.39 is 84.9 Å². The Balaban J connectivity index is 3.30. The summed E-state index contributed by atoms with van der Waals surface area (Å²) in [6, 6.07) is 7.68. The molecule has 0 aliphatic heterocycles. The monoisotopic (exact) mass is 557 g/mol. The molecule has 0 amide bonds. The number of nitro benzene ring substituents is 1. The Kier molecular flexibility index (Phi) is 9.51. The van der Waals surface area contributed by atoms with Crippen molar-refractivity contribution in [1.82, 2.24) is 0 Å². The van der Waals surface area contributed by atoms with Crippen LogP contribution < -0.4 is 0 Å². The lowest BCUT2D eigenvalue weighted by atomic mass is 9.86. The molecule has 200 valence electrons. The van der Waals surface area contributed by atoms with Gasteiger partial charge in [-0.1, -0.05) is 35.9 Å². The zero-order valence-corrected chi connectivity index (χ0v) is 19.8. The second kappa shape index (κ2) is 12.2. The van der Waals surface area contributed by atoms with Crippen LogP contribution in [-0.2, 0) is 14.3 Å². The van der Waals surface area contributed by atoms with Gasteiger partial charge >= 0.3 is 23.4 Å². The van der Waals surface area contributed by atoms with Gasteiger partial charge in [0.15, 0.2) is 0 Å². The quantitative estimate of drug-likeness (QED) is 0.165. The summed E-state index contributed by atoms with van der Waals surface area (Å²) in [5.74, 6) is -4.34. The maximum absolute atomic E-state index is 13.5. The van der Waals surface area contributed by atoms with E-state index in [4.69, 9.17) is 16.3 Å². The number of Topliss-reactive ketones (excluding diaryl/α,β-unsaturated/α-hetero) is 2. The van der Waals surface area contributed by atoms with Crippen molar-refractivity contribution in [3.05, 3.63) is 106 Å². The molecule has 2 rings (SSSR count). The molecule has 0 fully saturated rings. The lowest BCUT2D eigenvalue weighted by molar-refractivity contribution is -0.420. The molecule has 0 aliphatic rings. The van der Waals surface area contributed by atoms with E-state index in [-0.39, 0.29) is 5.02 Å². The van der Waals surface area contributed by atoms with E-state index in [1.54, 1.807) is 0 Å². The molecule has 0 radical (unpaired) electrons. The van der Waals surface area contributed by atoms with Gasteiger partial charge in [0.1, 0.15) is 0 Å². The summed E-state index contributed by atoms with van der Waals surface area (Å²) >= 11 is 5.91. The summed E-state index contributed by atoms with van der Waals surface area (Å²) in [5, 5.41) is 35.2. The standard InChI is InChI=1S/C22H15ClF3N3O9/c1-38-9-8-16(30)19(28(34)35)17(13-5-3-7-15(11-13)27(32)33)18(12-4-2-6-14(23)10-12)20(29(36)37)21(31)22(24,25)26/h2-7,10-11H,8-9H2,1H3. The number of hydrogen-bond donors (Lipinski definition) is 0. The van der Waals surface area contributed by atoms with E-state index in [2.05, 4.69) is 0 Å². The summed E-state index contributed by atoms with van der Waals surface area (Å²) in [5.41, 5.74) is -7.98. The zero-order valence-electron chi connectivity index (χ0n) is 19.1. The van der Waals surface area contributed by atoms with Crippen LogP contribution in [0.3, 0.4) is 0 Å². The minimum absolute atomic E-state index is 0.200. The lowest BCUT2D eigenvalue weighted by Crippen LogP contribution is -2.29. The third-order valence-corrected chi connectivity index (χ3v) is 5.05. The minimum atomic E-state index is -5.82. The second-order valence-electron chi connectivity index (χ2n) is 7.27. The van der Waals surface area contributed by atoms with Crippen LogP contribution in [0.4, 0.5) is 18.9 Å². The van der Waals surface area contributed by atoms with Crippen LogP contribution in [-0.4, -0.2) is 46.2 Å². The first-order chi connectivity index (χ1) is 17.7. The molecule has 0 spiro atoms. The molecule has 0 unspecified atom stereocenters. The van der Waals surface area contributed by atoms with Gasteiger partial charge in [0.2, 0.25) is 5.78 Å². The van der Waals surface area contributed by atoms with E-state index in [1.807, 2.05) is 0 Å². The predicted molar refractivity (Wildman–Crippen MR) is 125 cm³/mol. The highest BCUT2D eigenvalue weighted by Gasteiger charge is 2.50. The van der Waals surface area contributed by atoms with Gasteiger partial charge in [-0.3, -0.25) is 39.9 Å². The molecule has 0 aromatic heterocycles. The van der Waals surface area contributed by atoms with Gasteiger partial charge in [0.05, 0.1) is 32.5 Å². The number of methoxy groups -OCH3 is 1. The number of nitrogens with zero attached hydrogens (tertiary/aromatic N) is 3. The largest absolute Gasteiger partial charge is 0.461 e. The molecular formula is C22H15ClF3N3O9. The number of allylic oxidation sites excluding steroid dienone is 4. The fourth-order valence-corrected chi connectivity index (χ4v) is 3.48. The molecule has 0 aliphatic carbocycles. The van der Waals surface area contributed by atoms with Crippen LogP contribution in [0.15, 0.2) is 59.9 Å². The van der Waals surface area contributed by atoms with Crippen LogP contribution in [0.5, 0.6) is 0 Å². The van der Waals surface area contributed by atoms with Crippen molar-refractivity contribution in [1.29, 1.82) is 0 Å². The van der Waals surface area contributed by atoms with Crippen LogP contribution >= 0.6 is 11.6 Å². The van der Waals surface area contributed by atoms with Gasteiger partial charge in [0.25, 0.3) is 5.69 Å². The first kappa shape index (κ1) is 29.7. The number of benzene rings is 2. The van der Waals surface area contributed by atoms with Crippen molar-refractivity contribution in [3.8, 4) is 0 Å². The number of non-ortho nitro benzene ring substituents is 1. The SMILES string of the molecule is COCCC(=O)C(=C(C(=C(C(=O)C(F)(F)F)[N+](=O)[O-])c1cccc(Cl)c1)c1cccc([N+](=O)[O-])c1)[N+](=O)[O-]. The van der Waals surface area contributed by atoms with Crippen LogP contribution in [0, 0.1) is 30.3 Å². The Morgan fingerprint density at radius 1 is 0.895 bits per heavy atom. The maximum Gasteiger partial charge on any atom is 0.461 e. The van der Waals surface area contributed by atoms with Gasteiger partial charge in [0, 0.05) is 30.7 Å². The fraction of sp³-hybridized carbons (Fsp3) is 0.182. The van der Waals surface area contributed by atoms with E-state index in [1.165, 1.54) is 6.07 Å². The Labute approximate surface area is 215 Å². The molecule has 0 heterocycles. The normalized spacial score (nSPS) is 12.8. The first-order valence-corrected chi connectivity index (χ1v) is 10.5. The number of nitro groups is 3. The molecule has 0 saturated carbocycles. The Bertz CT molecular complexity index is 1390. The summed E-state index contributed by atoms with van der Waals surface area (Å²) in [6.45, 7) is -0.391. The molecule has 0 bridgehead atoms. The third-order valence-electron chi connectivity index (χ3n) is 4.82. The molecule has 0 saturated heterocycles. The number of carbonyl (C=O) groups excluding carboxylic acids is 2. The molecule has 12 nitrogen and oxygen atoms in total. The van der Waals surface area contributed by atoms with Gasteiger partial charge in [-0.2, -0.15) is 13.2 Å². The lowest BCUT2D eigenvalue weighted by Gasteiger charge is -2.15. The minimum Gasteiger partial charge on any atom is -0.384 e. The molecule has 16 heteroatoms. The van der Waals surface area contributed by atoms with E-state index in [0.29, 0.717) is 6.07 Å². The van der Waals surface area contributed by atoms with Crippen LogP contribution in [0.25, 0.3) is 11.1 Å². The van der Waals surface area contributed by atoms with Crippen molar-refractivity contribution in [2.45, 2.75) is 12.6 Å². The van der Waals surface area contributed by atoms with E-state index in [0.717, 1.165) is 43.5 Å². The average Bonchev–Trinajstić information content (AvgIpc) is 2.83. The highest BCUT2D eigenvalue weighted by atomic mass is 35.5. The molecular weight excluding hydrogens is 543 g/mol. The summed E-state index contributed by atoms with van der Waals surface area (Å²) in [4.78, 5) is 56.6. The number of ether oxygens (including phenoxy) is 1. The Morgan fingerprint density at radius 2 is 1.42 bits per heavy atom. The Hall–Kier alpha value is -4.50. The van der Waals surface area contributed by atoms with Gasteiger partial charge < -0.3 is 4.74 Å². The van der Waals surface area contributed by atoms with E-state index >= 15 is 0 Å². The molecule has 2 aromatic rings. The first-order valence-electron chi connectivity index (χ1n) is 10.1. The fourth-order valence-electron chi connectivity index (χ4n) is 3.29. The summed E-state index contributed by atoms with van der Waals surface area (Å²) in [6.07, 6.45) is -6.52. The van der Waals surface area contributed by atoms with Crippen molar-refractivity contribution in [2.24, 2.45) is 0 Å². The second-order valence-corrected chi connectivity index (χ2v) is 7.71. The molecule has 0 atom stereocenters. The summed E-state index contributed by atoms with van der Waals surface area (Å²) in [7, 11) is 1.15. The van der Waals surface area contributed by atoms with Gasteiger partial charge in [-0.15, -0.1) is 0 Å². The predicted octanol–water partition coefficient (Wildman–Crippen LogP) is 4.66. The van der Waals surface area contributed by atoms with Gasteiger partial charge in [-0.05, 0) is 23.3 Å². The zero-order chi connectivity index (χ0) is 28.8. The number of halogens is 4. The third kappa shape index (κ3) is 6.83. The van der Waals surface area contributed by atoms with E-state index in [9.17, 15) is 53.1 Å². The van der Waals surface area contributed by atoms with Crippen molar-refractivity contribution < 1.29 is 42.3 Å². The maximum atomic E-state index is 13.5. The highest BCUT2D eigenvalue weighted by Crippen LogP contribution is 2.41. The van der Waals surface area contributed by atoms with Crippen molar-refractivity contribution in [3.63, 3.8) is 0 Å². The average molecular weight is 558 g/mol. The highest BCUT2D eigenvalue weighted by molar-refractivity contribution is 6.31. The molecule has 38 heavy (non-hydrogen) atoms. The topological polar surface area (TPSA) is 173 Å². The number of alkyl halides is 3. The van der Waals surface area contributed by atoms with Crippen LogP contribution in [0.1, 0.15) is 17.5 Å². The molecule has 0 N–H and O–H groups in total. The van der Waals surface area contributed by atoms with Crippen LogP contribution in [0.2, 0.25) is 5.02 Å². The number of carbonyl (C=O) groups is 2. The van der Waals surface area contributed by atoms with Gasteiger partial charge in [-0.25, -0.2) is 0 Å². The number of hydrogen-bond acceptors (Lipinski definition) is 9. The van der Waals surface area contributed by atoms with Crippen molar-refractivity contribution >= 4 is 40.0 Å². The number of ketones is 2.